The Bertz CT molecular complexity index is 1050. The molecule has 2 aromatic carbocycles. The molecule has 0 bridgehead atoms. The van der Waals surface area contributed by atoms with Gasteiger partial charge in [0.1, 0.15) is 17.3 Å². The van der Waals surface area contributed by atoms with Gasteiger partial charge in [-0.1, -0.05) is 69.2 Å². The number of aliphatic carboxylic acids is 1. The van der Waals surface area contributed by atoms with Crippen LogP contribution in [0.4, 0.5) is 0 Å². The van der Waals surface area contributed by atoms with E-state index in [4.69, 9.17) is 4.74 Å². The van der Waals surface area contributed by atoms with E-state index in [-0.39, 0.29) is 18.2 Å². The minimum atomic E-state index is -1.15. The molecule has 2 atom stereocenters. The molecule has 1 aliphatic rings. The lowest BCUT2D eigenvalue weighted by atomic mass is 9.93. The Balaban J connectivity index is 1.78. The van der Waals surface area contributed by atoms with E-state index in [0.29, 0.717) is 24.2 Å². The molecule has 0 saturated heterocycles. The second-order valence-electron chi connectivity index (χ2n) is 9.44. The van der Waals surface area contributed by atoms with E-state index in [1.54, 1.807) is 13.2 Å². The first-order valence-corrected chi connectivity index (χ1v) is 12.4. The molecule has 7 nitrogen and oxygen atoms in total. The number of amides is 2. The van der Waals surface area contributed by atoms with Crippen LogP contribution >= 0.6 is 12.6 Å². The Morgan fingerprint density at radius 1 is 1.09 bits per heavy atom. The van der Waals surface area contributed by atoms with Crippen molar-refractivity contribution in [3.05, 3.63) is 54.1 Å². The number of hydrogen-bond acceptors (Lipinski definition) is 5. The van der Waals surface area contributed by atoms with Crippen molar-refractivity contribution in [3.63, 3.8) is 0 Å². The van der Waals surface area contributed by atoms with Crippen molar-refractivity contribution < 1.29 is 24.2 Å². The van der Waals surface area contributed by atoms with Crippen LogP contribution in [-0.4, -0.2) is 46.8 Å². The number of carboxylic acids is 1. The molecular formula is C27H34N2O5S. The van der Waals surface area contributed by atoms with Crippen molar-refractivity contribution in [2.45, 2.75) is 62.8 Å². The fraction of sp³-hybridized carbons (Fsp3) is 0.444. The van der Waals surface area contributed by atoms with Gasteiger partial charge in [0.25, 0.3) is 0 Å². The molecule has 35 heavy (non-hydrogen) atoms. The number of carboxylic acid groups (broad SMARTS) is 1. The first-order chi connectivity index (χ1) is 16.7. The van der Waals surface area contributed by atoms with Crippen molar-refractivity contribution in [2.75, 3.05) is 7.11 Å². The average molecular weight is 499 g/mol. The van der Waals surface area contributed by atoms with Crippen LogP contribution in [0.15, 0.2) is 48.5 Å². The Hall–Kier alpha value is -3.00. The van der Waals surface area contributed by atoms with Crippen molar-refractivity contribution in [3.8, 4) is 16.9 Å². The van der Waals surface area contributed by atoms with Crippen LogP contribution in [0, 0.1) is 5.92 Å². The third-order valence-electron chi connectivity index (χ3n) is 6.55. The molecule has 1 fully saturated rings. The van der Waals surface area contributed by atoms with Gasteiger partial charge in [-0.3, -0.25) is 9.59 Å². The first-order valence-electron chi connectivity index (χ1n) is 11.9. The van der Waals surface area contributed by atoms with E-state index in [1.165, 1.54) is 0 Å². The summed E-state index contributed by atoms with van der Waals surface area (Å²) in [5.41, 5.74) is 1.48. The van der Waals surface area contributed by atoms with Crippen LogP contribution in [0.2, 0.25) is 0 Å². The normalized spacial score (nSPS) is 16.4. The SMILES string of the molecule is COc1cc(C[C@@H](NC(=O)C2(NC(=O)[C@H](S)C(C)C)CCCC2)C(=O)O)ccc1-c1ccccc1. The van der Waals surface area contributed by atoms with E-state index in [1.807, 2.05) is 56.3 Å². The highest BCUT2D eigenvalue weighted by Gasteiger charge is 2.44. The van der Waals surface area contributed by atoms with E-state index in [0.717, 1.165) is 24.0 Å². The zero-order valence-corrected chi connectivity index (χ0v) is 21.3. The number of thiol groups is 1. The van der Waals surface area contributed by atoms with Gasteiger partial charge in [-0.25, -0.2) is 4.79 Å². The molecular weight excluding hydrogens is 464 g/mol. The van der Waals surface area contributed by atoms with Gasteiger partial charge in [-0.15, -0.1) is 0 Å². The van der Waals surface area contributed by atoms with Gasteiger partial charge in [0.15, 0.2) is 0 Å². The molecule has 3 N–H and O–H groups in total. The van der Waals surface area contributed by atoms with E-state index in [2.05, 4.69) is 23.3 Å². The third-order valence-corrected chi connectivity index (χ3v) is 7.38. The van der Waals surface area contributed by atoms with Gasteiger partial charge in [-0.2, -0.15) is 12.6 Å². The maximum atomic E-state index is 13.3. The molecule has 3 rings (SSSR count). The van der Waals surface area contributed by atoms with Crippen LogP contribution in [0.5, 0.6) is 5.75 Å². The monoisotopic (exact) mass is 498 g/mol. The topological polar surface area (TPSA) is 105 Å². The highest BCUT2D eigenvalue weighted by Crippen LogP contribution is 2.32. The molecule has 1 saturated carbocycles. The van der Waals surface area contributed by atoms with Crippen LogP contribution in [-0.2, 0) is 20.8 Å². The molecule has 0 spiro atoms. The Kier molecular flexibility index (Phi) is 8.83. The largest absolute Gasteiger partial charge is 0.496 e. The summed E-state index contributed by atoms with van der Waals surface area (Å²) in [5.74, 6) is -1.29. The number of ether oxygens (including phenoxy) is 1. The number of carbonyl (C=O) groups is 3. The highest BCUT2D eigenvalue weighted by atomic mass is 32.1. The zero-order valence-electron chi connectivity index (χ0n) is 20.4. The molecule has 0 aromatic heterocycles. The number of nitrogens with one attached hydrogen (secondary N) is 2. The quantitative estimate of drug-likeness (QED) is 0.373. The standard InChI is InChI=1S/C27H34N2O5S/c1-17(2)23(35)24(30)29-27(13-7-8-14-27)26(33)28-21(25(31)32)15-18-11-12-20(22(16-18)34-3)19-9-5-4-6-10-19/h4-6,9-12,16-17,21,23,35H,7-8,13-15H2,1-3H3,(H,28,33)(H,29,30)(H,31,32)/t21-,23-/m1/s1. The molecule has 8 heteroatoms. The summed E-state index contributed by atoms with van der Waals surface area (Å²) in [6, 6.07) is 14.1. The first kappa shape index (κ1) is 26.6. The van der Waals surface area contributed by atoms with Crippen LogP contribution in [0.25, 0.3) is 11.1 Å². The van der Waals surface area contributed by atoms with Crippen molar-refractivity contribution >= 4 is 30.4 Å². The van der Waals surface area contributed by atoms with Crippen LogP contribution in [0.1, 0.15) is 45.1 Å². The van der Waals surface area contributed by atoms with Crippen LogP contribution in [0.3, 0.4) is 0 Å². The molecule has 188 valence electrons. The van der Waals surface area contributed by atoms with E-state index >= 15 is 0 Å². The summed E-state index contributed by atoms with van der Waals surface area (Å²) in [5, 5.41) is 14.9. The fourth-order valence-electron chi connectivity index (χ4n) is 4.45. The number of methoxy groups -OCH3 is 1. The summed E-state index contributed by atoms with van der Waals surface area (Å²) in [7, 11) is 1.57. The number of benzene rings is 2. The Morgan fingerprint density at radius 3 is 2.31 bits per heavy atom. The molecule has 2 amide bonds. The highest BCUT2D eigenvalue weighted by molar-refractivity contribution is 7.81. The average Bonchev–Trinajstić information content (AvgIpc) is 3.33. The van der Waals surface area contributed by atoms with Crippen molar-refractivity contribution in [1.29, 1.82) is 0 Å². The van der Waals surface area contributed by atoms with E-state index < -0.39 is 28.7 Å². The minimum absolute atomic E-state index is 0.000420. The summed E-state index contributed by atoms with van der Waals surface area (Å²) in [4.78, 5) is 38.1. The third kappa shape index (κ3) is 6.36. The summed E-state index contributed by atoms with van der Waals surface area (Å²) in [6.07, 6.45) is 2.58. The number of rotatable bonds is 10. The van der Waals surface area contributed by atoms with Gasteiger partial charge < -0.3 is 20.5 Å². The fourth-order valence-corrected chi connectivity index (χ4v) is 4.52. The number of carbonyl (C=O) groups excluding carboxylic acids is 2. The lowest BCUT2D eigenvalue weighted by molar-refractivity contribution is -0.143. The predicted octanol–water partition coefficient (Wildman–Crippen LogP) is 3.86. The molecule has 0 unspecified atom stereocenters. The van der Waals surface area contributed by atoms with E-state index in [9.17, 15) is 19.5 Å². The summed E-state index contributed by atoms with van der Waals surface area (Å²) >= 11 is 4.37. The molecule has 0 radical (unpaired) electrons. The van der Waals surface area contributed by atoms with Gasteiger partial charge in [-0.05, 0) is 36.0 Å². The minimum Gasteiger partial charge on any atom is -0.496 e. The summed E-state index contributed by atoms with van der Waals surface area (Å²) < 4.78 is 5.56. The second kappa shape index (κ2) is 11.6. The second-order valence-corrected chi connectivity index (χ2v) is 9.99. The Morgan fingerprint density at radius 2 is 1.74 bits per heavy atom. The maximum Gasteiger partial charge on any atom is 0.326 e. The van der Waals surface area contributed by atoms with Crippen molar-refractivity contribution in [1.82, 2.24) is 10.6 Å². The van der Waals surface area contributed by atoms with Gasteiger partial charge in [0.05, 0.1) is 12.4 Å². The molecule has 2 aromatic rings. The summed E-state index contributed by atoms with van der Waals surface area (Å²) in [6.45, 7) is 3.77. The maximum absolute atomic E-state index is 13.3. The van der Waals surface area contributed by atoms with Gasteiger partial charge in [0, 0.05) is 12.0 Å². The Labute approximate surface area is 212 Å². The molecule has 0 heterocycles. The lowest BCUT2D eigenvalue weighted by Gasteiger charge is -2.32. The van der Waals surface area contributed by atoms with Crippen LogP contribution < -0.4 is 15.4 Å². The predicted molar refractivity (Wildman–Crippen MR) is 139 cm³/mol. The van der Waals surface area contributed by atoms with Gasteiger partial charge in [0.2, 0.25) is 11.8 Å². The smallest absolute Gasteiger partial charge is 0.326 e. The van der Waals surface area contributed by atoms with Gasteiger partial charge >= 0.3 is 5.97 Å². The lowest BCUT2D eigenvalue weighted by Crippen LogP contribution is -2.61. The van der Waals surface area contributed by atoms with Crippen molar-refractivity contribution in [2.24, 2.45) is 5.92 Å². The molecule has 0 aliphatic heterocycles. The number of hydrogen-bond donors (Lipinski definition) is 4. The zero-order chi connectivity index (χ0) is 25.6. The molecule has 1 aliphatic carbocycles.